The SMILES string of the molecule is N#CCC(=O)Nc1ccccc1OCc1ccccc1. The van der Waals surface area contributed by atoms with Crippen LogP contribution in [0, 0.1) is 11.3 Å². The highest BCUT2D eigenvalue weighted by Gasteiger charge is 2.07. The lowest BCUT2D eigenvalue weighted by Gasteiger charge is -2.11. The maximum atomic E-state index is 11.4. The molecule has 2 aromatic carbocycles. The van der Waals surface area contributed by atoms with Gasteiger partial charge in [0.15, 0.2) is 0 Å². The third kappa shape index (κ3) is 3.85. The number of carbonyl (C=O) groups excluding carboxylic acids is 1. The molecule has 2 aromatic rings. The Bertz CT molecular complexity index is 618. The zero-order valence-corrected chi connectivity index (χ0v) is 10.9. The minimum absolute atomic E-state index is 0.174. The van der Waals surface area contributed by atoms with Crippen LogP contribution in [0.4, 0.5) is 5.69 Å². The first-order valence-corrected chi connectivity index (χ1v) is 6.22. The molecule has 0 radical (unpaired) electrons. The summed E-state index contributed by atoms with van der Waals surface area (Å²) in [5.41, 5.74) is 1.62. The van der Waals surface area contributed by atoms with Crippen LogP contribution in [0.15, 0.2) is 54.6 Å². The third-order valence-electron chi connectivity index (χ3n) is 2.64. The van der Waals surface area contributed by atoms with Gasteiger partial charge in [-0.3, -0.25) is 4.79 Å². The van der Waals surface area contributed by atoms with Gasteiger partial charge >= 0.3 is 0 Å². The molecule has 0 unspecified atom stereocenters. The molecule has 0 bridgehead atoms. The van der Waals surface area contributed by atoms with Crippen molar-refractivity contribution in [3.05, 3.63) is 60.2 Å². The molecule has 0 atom stereocenters. The molecular formula is C16H14N2O2. The summed E-state index contributed by atoms with van der Waals surface area (Å²) in [6.07, 6.45) is -0.174. The van der Waals surface area contributed by atoms with E-state index in [-0.39, 0.29) is 12.3 Å². The molecule has 0 aliphatic rings. The number of nitrogens with one attached hydrogen (secondary N) is 1. The summed E-state index contributed by atoms with van der Waals surface area (Å²) in [6.45, 7) is 0.423. The fourth-order valence-electron chi connectivity index (χ4n) is 1.70. The van der Waals surface area contributed by atoms with E-state index in [9.17, 15) is 4.79 Å². The van der Waals surface area contributed by atoms with E-state index in [4.69, 9.17) is 10.00 Å². The fourth-order valence-corrected chi connectivity index (χ4v) is 1.70. The van der Waals surface area contributed by atoms with Gasteiger partial charge in [-0.25, -0.2) is 0 Å². The molecule has 0 aliphatic carbocycles. The van der Waals surface area contributed by atoms with Crippen molar-refractivity contribution in [1.29, 1.82) is 5.26 Å². The Morgan fingerprint density at radius 2 is 1.80 bits per heavy atom. The highest BCUT2D eigenvalue weighted by atomic mass is 16.5. The second kappa shape index (κ2) is 6.95. The summed E-state index contributed by atoms with van der Waals surface area (Å²) >= 11 is 0. The average Bonchev–Trinajstić information content (AvgIpc) is 2.48. The molecule has 0 aromatic heterocycles. The number of para-hydroxylation sites is 2. The number of nitriles is 1. The van der Waals surface area contributed by atoms with Crippen molar-refractivity contribution in [3.63, 3.8) is 0 Å². The van der Waals surface area contributed by atoms with E-state index < -0.39 is 0 Å². The number of amides is 1. The number of nitrogens with zero attached hydrogens (tertiary/aromatic N) is 1. The topological polar surface area (TPSA) is 62.1 Å². The largest absolute Gasteiger partial charge is 0.487 e. The molecule has 0 saturated carbocycles. The zero-order chi connectivity index (χ0) is 14.2. The number of ether oxygens (including phenoxy) is 1. The number of rotatable bonds is 5. The molecular weight excluding hydrogens is 252 g/mol. The highest BCUT2D eigenvalue weighted by Crippen LogP contribution is 2.24. The van der Waals surface area contributed by atoms with Crippen LogP contribution in [0.25, 0.3) is 0 Å². The molecule has 0 fully saturated rings. The maximum Gasteiger partial charge on any atom is 0.238 e. The smallest absolute Gasteiger partial charge is 0.238 e. The Hall–Kier alpha value is -2.80. The molecule has 0 spiro atoms. The van der Waals surface area contributed by atoms with Crippen LogP contribution in [0.5, 0.6) is 5.75 Å². The third-order valence-corrected chi connectivity index (χ3v) is 2.64. The van der Waals surface area contributed by atoms with Gasteiger partial charge in [0.1, 0.15) is 18.8 Å². The number of anilines is 1. The van der Waals surface area contributed by atoms with Crippen LogP contribution >= 0.6 is 0 Å². The molecule has 100 valence electrons. The van der Waals surface area contributed by atoms with E-state index in [1.807, 2.05) is 42.5 Å². The first kappa shape index (κ1) is 13.6. The average molecular weight is 266 g/mol. The van der Waals surface area contributed by atoms with E-state index >= 15 is 0 Å². The molecule has 0 heterocycles. The van der Waals surface area contributed by atoms with Crippen LogP contribution in [0.1, 0.15) is 12.0 Å². The van der Waals surface area contributed by atoms with Gasteiger partial charge in [0.05, 0.1) is 11.8 Å². The fraction of sp³-hybridized carbons (Fsp3) is 0.125. The van der Waals surface area contributed by atoms with Crippen molar-refractivity contribution < 1.29 is 9.53 Å². The van der Waals surface area contributed by atoms with Gasteiger partial charge in [-0.05, 0) is 17.7 Å². The van der Waals surface area contributed by atoms with E-state index in [1.165, 1.54) is 0 Å². The summed E-state index contributed by atoms with van der Waals surface area (Å²) in [4.78, 5) is 11.4. The molecule has 20 heavy (non-hydrogen) atoms. The van der Waals surface area contributed by atoms with E-state index in [0.717, 1.165) is 5.56 Å². The predicted molar refractivity (Wildman–Crippen MR) is 76.1 cm³/mol. The minimum atomic E-state index is -0.344. The summed E-state index contributed by atoms with van der Waals surface area (Å²) in [7, 11) is 0. The van der Waals surface area contributed by atoms with Crippen molar-refractivity contribution >= 4 is 11.6 Å². The standard InChI is InChI=1S/C16H14N2O2/c17-11-10-16(19)18-14-8-4-5-9-15(14)20-12-13-6-2-1-3-7-13/h1-9H,10,12H2,(H,18,19). The lowest BCUT2D eigenvalue weighted by Crippen LogP contribution is -2.11. The predicted octanol–water partition coefficient (Wildman–Crippen LogP) is 3.12. The summed E-state index contributed by atoms with van der Waals surface area (Å²) < 4.78 is 5.70. The van der Waals surface area contributed by atoms with Gasteiger partial charge in [0.25, 0.3) is 0 Å². The number of benzene rings is 2. The van der Waals surface area contributed by atoms with Crippen LogP contribution in [-0.2, 0) is 11.4 Å². The van der Waals surface area contributed by atoms with Crippen LogP contribution in [0.3, 0.4) is 0 Å². The van der Waals surface area contributed by atoms with Crippen LogP contribution in [0.2, 0.25) is 0 Å². The van der Waals surface area contributed by atoms with Crippen LogP contribution in [-0.4, -0.2) is 5.91 Å². The molecule has 0 saturated heterocycles. The normalized spacial score (nSPS) is 9.55. The lowest BCUT2D eigenvalue weighted by atomic mass is 10.2. The van der Waals surface area contributed by atoms with Crippen molar-refractivity contribution in [2.45, 2.75) is 13.0 Å². The van der Waals surface area contributed by atoms with Gasteiger partial charge in [0.2, 0.25) is 5.91 Å². The van der Waals surface area contributed by atoms with E-state index in [0.29, 0.717) is 18.0 Å². The maximum absolute atomic E-state index is 11.4. The summed E-state index contributed by atoms with van der Waals surface area (Å²) in [5.74, 6) is 0.242. The Labute approximate surface area is 117 Å². The minimum Gasteiger partial charge on any atom is -0.487 e. The number of carbonyl (C=O) groups is 1. The van der Waals surface area contributed by atoms with E-state index in [2.05, 4.69) is 5.32 Å². The number of hydrogen-bond acceptors (Lipinski definition) is 3. The first-order valence-electron chi connectivity index (χ1n) is 6.22. The van der Waals surface area contributed by atoms with Gasteiger partial charge in [-0.15, -0.1) is 0 Å². The summed E-state index contributed by atoms with van der Waals surface area (Å²) in [5, 5.41) is 11.2. The van der Waals surface area contributed by atoms with Gasteiger partial charge in [0, 0.05) is 0 Å². The second-order valence-electron chi connectivity index (χ2n) is 4.15. The van der Waals surface area contributed by atoms with E-state index in [1.54, 1.807) is 18.2 Å². The molecule has 0 aliphatic heterocycles. The van der Waals surface area contributed by atoms with Gasteiger partial charge in [-0.1, -0.05) is 42.5 Å². The number of hydrogen-bond donors (Lipinski definition) is 1. The Balaban J connectivity index is 2.04. The molecule has 1 N–H and O–H groups in total. The Morgan fingerprint density at radius 1 is 1.10 bits per heavy atom. The van der Waals surface area contributed by atoms with Gasteiger partial charge in [-0.2, -0.15) is 5.26 Å². The molecule has 2 rings (SSSR count). The van der Waals surface area contributed by atoms with Gasteiger partial charge < -0.3 is 10.1 Å². The molecule has 4 nitrogen and oxygen atoms in total. The van der Waals surface area contributed by atoms with Crippen molar-refractivity contribution in [3.8, 4) is 11.8 Å². The Morgan fingerprint density at radius 3 is 2.55 bits per heavy atom. The monoisotopic (exact) mass is 266 g/mol. The molecule has 4 heteroatoms. The second-order valence-corrected chi connectivity index (χ2v) is 4.15. The van der Waals surface area contributed by atoms with Crippen molar-refractivity contribution in [1.82, 2.24) is 0 Å². The quantitative estimate of drug-likeness (QED) is 0.904. The molecule has 1 amide bonds. The van der Waals surface area contributed by atoms with Crippen molar-refractivity contribution in [2.24, 2.45) is 0 Å². The zero-order valence-electron chi connectivity index (χ0n) is 10.9. The first-order chi connectivity index (χ1) is 9.79. The Kier molecular flexibility index (Phi) is 4.74. The van der Waals surface area contributed by atoms with Crippen LogP contribution < -0.4 is 10.1 Å². The van der Waals surface area contributed by atoms with Crippen molar-refractivity contribution in [2.75, 3.05) is 5.32 Å². The highest BCUT2D eigenvalue weighted by molar-refractivity contribution is 5.93. The lowest BCUT2D eigenvalue weighted by molar-refractivity contribution is -0.115. The summed E-state index contributed by atoms with van der Waals surface area (Å²) in [6, 6.07) is 18.7.